The van der Waals surface area contributed by atoms with E-state index >= 15 is 0 Å². The summed E-state index contributed by atoms with van der Waals surface area (Å²) in [6.45, 7) is 2.79. The fourth-order valence-electron chi connectivity index (χ4n) is 1.99. The molecule has 0 N–H and O–H groups in total. The first-order valence-corrected chi connectivity index (χ1v) is 6.30. The molecule has 0 bridgehead atoms. The maximum Gasteiger partial charge on any atom is 0.153 e. The van der Waals surface area contributed by atoms with Crippen LogP contribution in [0.5, 0.6) is 0 Å². The smallest absolute Gasteiger partial charge is 0.153 e. The van der Waals surface area contributed by atoms with E-state index in [-0.39, 0.29) is 0 Å². The zero-order valence-corrected chi connectivity index (χ0v) is 11.0. The Kier molecular flexibility index (Phi) is 3.12. The lowest BCUT2D eigenvalue weighted by Crippen LogP contribution is -1.94. The van der Waals surface area contributed by atoms with Crippen molar-refractivity contribution in [3.8, 4) is 16.9 Å². The molecule has 3 heterocycles. The monoisotopic (exact) mass is 267 g/mol. The Morgan fingerprint density at radius 3 is 2.70 bits per heavy atom. The molecule has 6 nitrogen and oxygen atoms in total. The summed E-state index contributed by atoms with van der Waals surface area (Å²) >= 11 is 0. The van der Waals surface area contributed by atoms with E-state index in [1.807, 2.05) is 25.3 Å². The zero-order chi connectivity index (χ0) is 13.9. The van der Waals surface area contributed by atoms with E-state index < -0.39 is 0 Å². The zero-order valence-electron chi connectivity index (χ0n) is 11.0. The topological polar surface area (TPSA) is 65.6 Å². The summed E-state index contributed by atoms with van der Waals surface area (Å²) in [6, 6.07) is 3.67. The van der Waals surface area contributed by atoms with Crippen LogP contribution in [-0.2, 0) is 6.54 Å². The third kappa shape index (κ3) is 2.11. The van der Waals surface area contributed by atoms with Gasteiger partial charge in [0.05, 0.1) is 17.4 Å². The Bertz CT molecular complexity index is 729. The van der Waals surface area contributed by atoms with Crippen molar-refractivity contribution in [2.24, 2.45) is 0 Å². The van der Waals surface area contributed by atoms with Crippen molar-refractivity contribution >= 4 is 6.29 Å². The summed E-state index contributed by atoms with van der Waals surface area (Å²) in [6.07, 6.45) is 9.49. The largest absolute Gasteiger partial charge is 0.298 e. The third-order valence-electron chi connectivity index (χ3n) is 3.03. The highest BCUT2D eigenvalue weighted by atomic mass is 16.1. The normalized spacial score (nSPS) is 10.7. The van der Waals surface area contributed by atoms with Crippen LogP contribution in [0.15, 0.2) is 43.1 Å². The SMILES string of the molecule is CCn1cc(-c2nn(-c3ccncc3)cc2C=O)cn1. The van der Waals surface area contributed by atoms with Crippen LogP contribution < -0.4 is 0 Å². The van der Waals surface area contributed by atoms with E-state index in [1.54, 1.807) is 34.2 Å². The van der Waals surface area contributed by atoms with Gasteiger partial charge in [0, 0.05) is 36.9 Å². The quantitative estimate of drug-likeness (QED) is 0.678. The Morgan fingerprint density at radius 2 is 2.05 bits per heavy atom. The lowest BCUT2D eigenvalue weighted by molar-refractivity contribution is 0.112. The van der Waals surface area contributed by atoms with Crippen LogP contribution in [0.1, 0.15) is 17.3 Å². The second kappa shape index (κ2) is 5.08. The van der Waals surface area contributed by atoms with E-state index in [4.69, 9.17) is 0 Å². The average molecular weight is 267 g/mol. The molecule has 0 spiro atoms. The summed E-state index contributed by atoms with van der Waals surface area (Å²) in [5, 5.41) is 8.68. The molecule has 0 aliphatic heterocycles. The van der Waals surface area contributed by atoms with Gasteiger partial charge in [0.2, 0.25) is 0 Å². The molecule has 0 aromatic carbocycles. The minimum atomic E-state index is 0.539. The maximum atomic E-state index is 11.2. The van der Waals surface area contributed by atoms with Gasteiger partial charge < -0.3 is 0 Å². The first-order valence-electron chi connectivity index (χ1n) is 6.30. The summed E-state index contributed by atoms with van der Waals surface area (Å²) in [5.74, 6) is 0. The van der Waals surface area contributed by atoms with Crippen molar-refractivity contribution in [2.45, 2.75) is 13.5 Å². The molecule has 3 aromatic rings. The van der Waals surface area contributed by atoms with E-state index in [1.165, 1.54) is 0 Å². The fourth-order valence-corrected chi connectivity index (χ4v) is 1.99. The van der Waals surface area contributed by atoms with E-state index in [0.29, 0.717) is 11.3 Å². The number of aldehydes is 1. The van der Waals surface area contributed by atoms with Crippen LogP contribution in [0.2, 0.25) is 0 Å². The summed E-state index contributed by atoms with van der Waals surface area (Å²) in [5.41, 5.74) is 2.87. The van der Waals surface area contributed by atoms with Crippen LogP contribution in [0.3, 0.4) is 0 Å². The van der Waals surface area contributed by atoms with Crippen molar-refractivity contribution in [1.29, 1.82) is 0 Å². The number of nitrogens with zero attached hydrogens (tertiary/aromatic N) is 5. The van der Waals surface area contributed by atoms with E-state index in [0.717, 1.165) is 24.1 Å². The molecular formula is C14H13N5O. The molecule has 3 rings (SSSR count). The van der Waals surface area contributed by atoms with Crippen molar-refractivity contribution in [2.75, 3.05) is 0 Å². The number of hydrogen-bond donors (Lipinski definition) is 0. The lowest BCUT2D eigenvalue weighted by atomic mass is 10.2. The second-order valence-corrected chi connectivity index (χ2v) is 4.29. The van der Waals surface area contributed by atoms with Gasteiger partial charge in [0.25, 0.3) is 0 Å². The number of aromatic nitrogens is 5. The molecule has 0 saturated heterocycles. The molecule has 0 amide bonds. The molecule has 3 aromatic heterocycles. The van der Waals surface area contributed by atoms with Crippen LogP contribution in [-0.4, -0.2) is 30.8 Å². The number of aryl methyl sites for hydroxylation is 1. The molecule has 0 radical (unpaired) electrons. The first kappa shape index (κ1) is 12.3. The molecule has 0 aliphatic rings. The highest BCUT2D eigenvalue weighted by Gasteiger charge is 2.13. The minimum Gasteiger partial charge on any atom is -0.298 e. The molecule has 0 saturated carbocycles. The van der Waals surface area contributed by atoms with Gasteiger partial charge in [-0.2, -0.15) is 10.2 Å². The fraction of sp³-hybridized carbons (Fsp3) is 0.143. The highest BCUT2D eigenvalue weighted by molar-refractivity contribution is 5.85. The number of hydrogen-bond acceptors (Lipinski definition) is 4. The van der Waals surface area contributed by atoms with Gasteiger partial charge in [-0.3, -0.25) is 14.5 Å². The Morgan fingerprint density at radius 1 is 1.25 bits per heavy atom. The van der Waals surface area contributed by atoms with Crippen molar-refractivity contribution < 1.29 is 4.79 Å². The molecule has 0 aliphatic carbocycles. The number of carbonyl (C=O) groups excluding carboxylic acids is 1. The van der Waals surface area contributed by atoms with Crippen molar-refractivity contribution in [3.63, 3.8) is 0 Å². The van der Waals surface area contributed by atoms with Crippen LogP contribution in [0.25, 0.3) is 16.9 Å². The number of carbonyl (C=O) groups is 1. The predicted octanol–water partition coefficient (Wildman–Crippen LogP) is 1.96. The molecule has 20 heavy (non-hydrogen) atoms. The van der Waals surface area contributed by atoms with Gasteiger partial charge >= 0.3 is 0 Å². The molecule has 100 valence electrons. The standard InChI is InChI=1S/C14H13N5O/c1-2-18-8-11(7-16-18)14-12(10-20)9-19(17-14)13-3-5-15-6-4-13/h3-10H,2H2,1H3. The minimum absolute atomic E-state index is 0.539. The van der Waals surface area contributed by atoms with Crippen LogP contribution in [0.4, 0.5) is 0 Å². The van der Waals surface area contributed by atoms with E-state index in [2.05, 4.69) is 15.2 Å². The average Bonchev–Trinajstić information content (AvgIpc) is 3.14. The summed E-state index contributed by atoms with van der Waals surface area (Å²) in [7, 11) is 0. The Labute approximate surface area is 115 Å². The Balaban J connectivity index is 2.07. The van der Waals surface area contributed by atoms with Gasteiger partial charge in [0.1, 0.15) is 5.69 Å². The third-order valence-corrected chi connectivity index (χ3v) is 3.03. The lowest BCUT2D eigenvalue weighted by Gasteiger charge is -1.98. The number of rotatable bonds is 4. The van der Waals surface area contributed by atoms with Gasteiger partial charge in [-0.05, 0) is 19.1 Å². The van der Waals surface area contributed by atoms with Gasteiger partial charge in [-0.1, -0.05) is 0 Å². The van der Waals surface area contributed by atoms with Crippen molar-refractivity contribution in [1.82, 2.24) is 24.5 Å². The van der Waals surface area contributed by atoms with Crippen molar-refractivity contribution in [3.05, 3.63) is 48.7 Å². The molecule has 0 atom stereocenters. The molecular weight excluding hydrogens is 254 g/mol. The van der Waals surface area contributed by atoms with Gasteiger partial charge in [-0.15, -0.1) is 0 Å². The first-order chi connectivity index (χ1) is 9.81. The number of pyridine rings is 1. The predicted molar refractivity (Wildman–Crippen MR) is 73.6 cm³/mol. The highest BCUT2D eigenvalue weighted by Crippen LogP contribution is 2.21. The maximum absolute atomic E-state index is 11.2. The second-order valence-electron chi connectivity index (χ2n) is 4.29. The van der Waals surface area contributed by atoms with Gasteiger partial charge in [-0.25, -0.2) is 4.68 Å². The molecule has 0 fully saturated rings. The summed E-state index contributed by atoms with van der Waals surface area (Å²) in [4.78, 5) is 15.2. The van der Waals surface area contributed by atoms with Crippen LogP contribution in [0, 0.1) is 0 Å². The molecule has 6 heteroatoms. The van der Waals surface area contributed by atoms with Gasteiger partial charge in [0.15, 0.2) is 6.29 Å². The van der Waals surface area contributed by atoms with Crippen LogP contribution >= 0.6 is 0 Å². The summed E-state index contributed by atoms with van der Waals surface area (Å²) < 4.78 is 3.47. The Hall–Kier alpha value is -2.76. The van der Waals surface area contributed by atoms with E-state index in [9.17, 15) is 4.79 Å². The molecule has 0 unspecified atom stereocenters.